The van der Waals surface area contributed by atoms with Crippen LogP contribution in [0.3, 0.4) is 0 Å². The third-order valence-electron chi connectivity index (χ3n) is 3.39. The maximum Gasteiger partial charge on any atom is 0.310 e. The molecule has 1 aliphatic rings. The van der Waals surface area contributed by atoms with Gasteiger partial charge in [0, 0.05) is 26.1 Å². The maximum atomic E-state index is 11.1. The zero-order chi connectivity index (χ0) is 14.7. The van der Waals surface area contributed by atoms with E-state index in [1.165, 1.54) is 13.0 Å². The number of hydrogen-bond acceptors (Lipinski definition) is 4. The fourth-order valence-electron chi connectivity index (χ4n) is 2.49. The number of anilines is 1. The Morgan fingerprint density at radius 3 is 2.65 bits per heavy atom. The summed E-state index contributed by atoms with van der Waals surface area (Å²) in [6.07, 6.45) is 1.53. The normalized spacial score (nSPS) is 16.0. The highest BCUT2D eigenvalue weighted by Gasteiger charge is 2.26. The average molecular weight is 298 g/mol. The molecule has 1 aliphatic heterocycles. The molecule has 6 nitrogen and oxygen atoms in total. The number of amides is 1. The van der Waals surface area contributed by atoms with Gasteiger partial charge in [0.25, 0.3) is 0 Å². The average Bonchev–Trinajstić information content (AvgIpc) is 2.38. The van der Waals surface area contributed by atoms with Crippen LogP contribution in [-0.4, -0.2) is 30.0 Å². The topological polar surface area (TPSA) is 75.5 Å². The van der Waals surface area contributed by atoms with Gasteiger partial charge in [-0.1, -0.05) is 17.7 Å². The van der Waals surface area contributed by atoms with E-state index >= 15 is 0 Å². The quantitative estimate of drug-likeness (QED) is 0.686. The van der Waals surface area contributed by atoms with Gasteiger partial charge in [-0.3, -0.25) is 14.9 Å². The molecule has 108 valence electrons. The monoisotopic (exact) mass is 297 g/mol. The summed E-state index contributed by atoms with van der Waals surface area (Å²) in [6.45, 7) is 2.81. The van der Waals surface area contributed by atoms with Gasteiger partial charge in [-0.25, -0.2) is 0 Å². The molecule has 0 unspecified atom stereocenters. The van der Waals surface area contributed by atoms with Gasteiger partial charge in [-0.15, -0.1) is 0 Å². The number of halogens is 1. The van der Waals surface area contributed by atoms with Gasteiger partial charge in [0.05, 0.1) is 4.92 Å². The van der Waals surface area contributed by atoms with E-state index in [1.807, 2.05) is 4.90 Å². The minimum atomic E-state index is -0.447. The molecule has 1 amide bonds. The van der Waals surface area contributed by atoms with Gasteiger partial charge < -0.3 is 10.2 Å². The number of rotatable bonds is 3. The van der Waals surface area contributed by atoms with Gasteiger partial charge in [0.1, 0.15) is 10.7 Å². The number of benzene rings is 1. The van der Waals surface area contributed by atoms with E-state index in [0.717, 1.165) is 12.8 Å². The second-order valence-electron chi connectivity index (χ2n) is 4.83. The van der Waals surface area contributed by atoms with Crippen molar-refractivity contribution in [2.24, 2.45) is 0 Å². The lowest BCUT2D eigenvalue weighted by Gasteiger charge is -2.33. The molecule has 1 aromatic rings. The molecule has 1 heterocycles. The van der Waals surface area contributed by atoms with Crippen LogP contribution in [0.25, 0.3) is 0 Å². The Morgan fingerprint density at radius 1 is 1.45 bits per heavy atom. The summed E-state index contributed by atoms with van der Waals surface area (Å²) in [5, 5.41) is 14.2. The van der Waals surface area contributed by atoms with Crippen LogP contribution in [0.2, 0.25) is 5.02 Å². The van der Waals surface area contributed by atoms with Crippen molar-refractivity contribution in [2.45, 2.75) is 25.8 Å². The van der Waals surface area contributed by atoms with Crippen molar-refractivity contribution in [3.05, 3.63) is 33.3 Å². The summed E-state index contributed by atoms with van der Waals surface area (Å²) in [7, 11) is 0. The first-order chi connectivity index (χ1) is 9.49. The third kappa shape index (κ3) is 3.19. The molecule has 0 bridgehead atoms. The van der Waals surface area contributed by atoms with Gasteiger partial charge in [0.2, 0.25) is 5.91 Å². The largest absolute Gasteiger partial charge is 0.366 e. The highest BCUT2D eigenvalue weighted by atomic mass is 35.5. The molecule has 1 saturated heterocycles. The fourth-order valence-corrected chi connectivity index (χ4v) is 2.73. The van der Waals surface area contributed by atoms with Crippen LogP contribution in [0.5, 0.6) is 0 Å². The molecule has 2 rings (SSSR count). The number of piperidine rings is 1. The van der Waals surface area contributed by atoms with E-state index in [4.69, 9.17) is 11.6 Å². The molecule has 1 fully saturated rings. The summed E-state index contributed by atoms with van der Waals surface area (Å²) in [5.41, 5.74) is 0.496. The van der Waals surface area contributed by atoms with Crippen molar-refractivity contribution in [3.8, 4) is 0 Å². The van der Waals surface area contributed by atoms with E-state index < -0.39 is 4.92 Å². The number of para-hydroxylation sites is 1. The van der Waals surface area contributed by atoms with E-state index in [0.29, 0.717) is 18.8 Å². The number of nitrogens with one attached hydrogen (secondary N) is 1. The lowest BCUT2D eigenvalue weighted by molar-refractivity contribution is -0.384. The van der Waals surface area contributed by atoms with Gasteiger partial charge >= 0.3 is 5.69 Å². The molecule has 0 aromatic heterocycles. The summed E-state index contributed by atoms with van der Waals surface area (Å²) >= 11 is 5.92. The first-order valence-corrected chi connectivity index (χ1v) is 6.82. The fraction of sp³-hybridized carbons (Fsp3) is 0.462. The molecule has 20 heavy (non-hydrogen) atoms. The van der Waals surface area contributed by atoms with Gasteiger partial charge in [0.15, 0.2) is 0 Å². The van der Waals surface area contributed by atoms with Crippen molar-refractivity contribution in [3.63, 3.8) is 0 Å². The van der Waals surface area contributed by atoms with Crippen molar-refractivity contribution >= 4 is 28.9 Å². The molecule has 0 saturated carbocycles. The smallest absolute Gasteiger partial charge is 0.310 e. The maximum absolute atomic E-state index is 11.1. The summed E-state index contributed by atoms with van der Waals surface area (Å²) in [5.74, 6) is -0.0443. The number of nitro benzene ring substituents is 1. The lowest BCUT2D eigenvalue weighted by atomic mass is 10.0. The Bertz CT molecular complexity index is 528. The molecular weight excluding hydrogens is 282 g/mol. The highest BCUT2D eigenvalue weighted by Crippen LogP contribution is 2.36. The van der Waals surface area contributed by atoms with E-state index in [2.05, 4.69) is 5.32 Å². The number of carbonyl (C=O) groups excluding carboxylic acids is 1. The minimum absolute atomic E-state index is 0.0443. The number of carbonyl (C=O) groups is 1. The third-order valence-corrected chi connectivity index (χ3v) is 3.70. The minimum Gasteiger partial charge on any atom is -0.366 e. The molecule has 1 N–H and O–H groups in total. The molecule has 0 radical (unpaired) electrons. The van der Waals surface area contributed by atoms with E-state index in [-0.39, 0.29) is 22.7 Å². The van der Waals surface area contributed by atoms with Crippen molar-refractivity contribution in [1.29, 1.82) is 0 Å². The molecular formula is C13H16ClN3O3. The lowest BCUT2D eigenvalue weighted by Crippen LogP contribution is -2.44. The van der Waals surface area contributed by atoms with Crippen LogP contribution in [0.1, 0.15) is 19.8 Å². The summed E-state index contributed by atoms with van der Waals surface area (Å²) in [4.78, 5) is 23.7. The Balaban J connectivity index is 2.13. The molecule has 1 aromatic carbocycles. The van der Waals surface area contributed by atoms with Gasteiger partial charge in [-0.05, 0) is 25.0 Å². The molecule has 0 aliphatic carbocycles. The highest BCUT2D eigenvalue weighted by molar-refractivity contribution is 6.33. The molecule has 7 heteroatoms. The van der Waals surface area contributed by atoms with Crippen LogP contribution in [0.4, 0.5) is 11.4 Å². The number of nitrogens with zero attached hydrogens (tertiary/aromatic N) is 2. The van der Waals surface area contributed by atoms with Gasteiger partial charge in [-0.2, -0.15) is 0 Å². The predicted octanol–water partition coefficient (Wildman–Crippen LogP) is 2.35. The SMILES string of the molecule is CC(=O)NC1CCN(c2cccc(Cl)c2[N+](=O)[O-])CC1. The first-order valence-electron chi connectivity index (χ1n) is 6.44. The predicted molar refractivity (Wildman–Crippen MR) is 77.2 cm³/mol. The van der Waals surface area contributed by atoms with Crippen LogP contribution in [-0.2, 0) is 4.79 Å². The Hall–Kier alpha value is -1.82. The van der Waals surface area contributed by atoms with E-state index in [1.54, 1.807) is 12.1 Å². The Morgan fingerprint density at radius 2 is 2.10 bits per heavy atom. The van der Waals surface area contributed by atoms with Crippen molar-refractivity contribution in [2.75, 3.05) is 18.0 Å². The zero-order valence-electron chi connectivity index (χ0n) is 11.1. The second kappa shape index (κ2) is 6.09. The standard InChI is InChI=1S/C13H16ClN3O3/c1-9(18)15-10-5-7-16(8-6-10)12-4-2-3-11(14)13(12)17(19)20/h2-4,10H,5-8H2,1H3,(H,15,18). The zero-order valence-corrected chi connectivity index (χ0v) is 11.9. The van der Waals surface area contributed by atoms with Crippen LogP contribution in [0, 0.1) is 10.1 Å². The van der Waals surface area contributed by atoms with Crippen molar-refractivity contribution in [1.82, 2.24) is 5.32 Å². The van der Waals surface area contributed by atoms with Crippen LogP contribution in [0.15, 0.2) is 18.2 Å². The number of nitro groups is 1. The number of hydrogen-bond donors (Lipinski definition) is 1. The first kappa shape index (κ1) is 14.6. The Kier molecular flexibility index (Phi) is 4.44. The van der Waals surface area contributed by atoms with E-state index in [9.17, 15) is 14.9 Å². The summed E-state index contributed by atoms with van der Waals surface area (Å²) < 4.78 is 0. The van der Waals surface area contributed by atoms with Crippen LogP contribution < -0.4 is 10.2 Å². The molecule has 0 spiro atoms. The Labute approximate surface area is 121 Å². The summed E-state index contributed by atoms with van der Waals surface area (Å²) in [6, 6.07) is 5.09. The molecule has 0 atom stereocenters. The van der Waals surface area contributed by atoms with Crippen molar-refractivity contribution < 1.29 is 9.72 Å². The van der Waals surface area contributed by atoms with Crippen LogP contribution >= 0.6 is 11.6 Å². The second-order valence-corrected chi connectivity index (χ2v) is 5.23.